The highest BCUT2D eigenvalue weighted by molar-refractivity contribution is 6.24. The van der Waals surface area contributed by atoms with Crippen molar-refractivity contribution in [3.63, 3.8) is 0 Å². The Kier molecular flexibility index (Phi) is 6.68. The fourth-order valence-electron chi connectivity index (χ4n) is 3.90. The van der Waals surface area contributed by atoms with Gasteiger partial charge < -0.3 is 15.5 Å². The second-order valence-corrected chi connectivity index (χ2v) is 7.69. The van der Waals surface area contributed by atoms with Crippen molar-refractivity contribution in [2.45, 2.75) is 40.0 Å². The third kappa shape index (κ3) is 4.71. The highest BCUT2D eigenvalue weighted by Crippen LogP contribution is 2.24. The van der Waals surface area contributed by atoms with Crippen molar-refractivity contribution < 1.29 is 4.79 Å². The number of hydrogen-bond acceptors (Lipinski definition) is 5. The van der Waals surface area contributed by atoms with Gasteiger partial charge in [0.05, 0.1) is 17.1 Å². The second-order valence-electron chi connectivity index (χ2n) is 7.69. The van der Waals surface area contributed by atoms with Gasteiger partial charge in [-0.3, -0.25) is 4.79 Å². The maximum Gasteiger partial charge on any atom is 0.202 e. The lowest BCUT2D eigenvalue weighted by Crippen LogP contribution is -2.37. The summed E-state index contributed by atoms with van der Waals surface area (Å²) in [6.07, 6.45) is 5.61. The molecular formula is C23H32N4O. The molecule has 0 saturated carbocycles. The maximum atomic E-state index is 11.8. The minimum absolute atomic E-state index is 0.128. The summed E-state index contributed by atoms with van der Waals surface area (Å²) in [4.78, 5) is 21.6. The topological polar surface area (TPSA) is 61.9 Å². The van der Waals surface area contributed by atoms with E-state index in [1.54, 1.807) is 6.08 Å². The molecule has 1 saturated heterocycles. The Balaban J connectivity index is 1.70. The minimum Gasteiger partial charge on any atom is -0.395 e. The average Bonchev–Trinajstić information content (AvgIpc) is 2.72. The first-order valence-corrected chi connectivity index (χ1v) is 10.4. The summed E-state index contributed by atoms with van der Waals surface area (Å²) in [5, 5.41) is 0. The van der Waals surface area contributed by atoms with Gasteiger partial charge in [0.25, 0.3) is 0 Å². The molecule has 0 spiro atoms. The van der Waals surface area contributed by atoms with E-state index < -0.39 is 0 Å². The number of ketones is 1. The van der Waals surface area contributed by atoms with Crippen LogP contribution in [0.4, 0.5) is 11.4 Å². The first-order chi connectivity index (χ1) is 13.5. The number of nitrogens with zero attached hydrogens (tertiary/aromatic N) is 3. The zero-order valence-electron chi connectivity index (χ0n) is 17.4. The molecule has 1 aliphatic heterocycles. The molecule has 0 unspecified atom stereocenters. The Morgan fingerprint density at radius 1 is 1.11 bits per heavy atom. The maximum absolute atomic E-state index is 11.8. The van der Waals surface area contributed by atoms with Gasteiger partial charge in [-0.05, 0) is 82.6 Å². The first-order valence-electron chi connectivity index (χ1n) is 10.4. The zero-order valence-corrected chi connectivity index (χ0v) is 17.4. The van der Waals surface area contributed by atoms with Crippen LogP contribution in [0, 0.1) is 0 Å². The molecule has 1 aromatic carbocycles. The number of nitrogens with two attached hydrogens (primary N) is 1. The lowest BCUT2D eigenvalue weighted by atomic mass is 9.94. The van der Waals surface area contributed by atoms with Crippen molar-refractivity contribution in [3.8, 4) is 0 Å². The monoisotopic (exact) mass is 380 g/mol. The van der Waals surface area contributed by atoms with Crippen molar-refractivity contribution >= 4 is 22.9 Å². The molecule has 5 heteroatoms. The van der Waals surface area contributed by atoms with Crippen LogP contribution in [0.25, 0.3) is 0 Å². The molecule has 0 radical (unpaired) electrons. The number of carbonyl (C=O) groups excluding carboxylic acids is 1. The third-order valence-electron chi connectivity index (χ3n) is 5.72. The molecule has 28 heavy (non-hydrogen) atoms. The van der Waals surface area contributed by atoms with E-state index in [0.29, 0.717) is 0 Å². The number of hydrogen-bond donors (Lipinski definition) is 1. The molecule has 5 nitrogen and oxygen atoms in total. The lowest BCUT2D eigenvalue weighted by Gasteiger charge is -2.30. The van der Waals surface area contributed by atoms with Crippen LogP contribution in [0.15, 0.2) is 52.2 Å². The van der Waals surface area contributed by atoms with E-state index in [0.717, 1.165) is 42.2 Å². The van der Waals surface area contributed by atoms with E-state index in [-0.39, 0.29) is 11.5 Å². The van der Waals surface area contributed by atoms with E-state index in [1.165, 1.54) is 38.0 Å². The number of anilines is 1. The van der Waals surface area contributed by atoms with Crippen LogP contribution in [0.1, 0.15) is 40.0 Å². The van der Waals surface area contributed by atoms with E-state index in [2.05, 4.69) is 28.9 Å². The number of piperidine rings is 1. The fraction of sp³-hybridized carbons (Fsp3) is 0.478. The summed E-state index contributed by atoms with van der Waals surface area (Å²) in [5.74, 6) is -0.128. The summed E-state index contributed by atoms with van der Waals surface area (Å²) >= 11 is 0. The average molecular weight is 381 g/mol. The van der Waals surface area contributed by atoms with Crippen molar-refractivity contribution in [1.82, 2.24) is 4.90 Å². The molecule has 2 N–H and O–H groups in total. The normalized spacial score (nSPS) is 19.9. The largest absolute Gasteiger partial charge is 0.395 e. The summed E-state index contributed by atoms with van der Waals surface area (Å²) in [7, 11) is 0. The van der Waals surface area contributed by atoms with Gasteiger partial charge in [-0.15, -0.1) is 0 Å². The van der Waals surface area contributed by atoms with E-state index in [9.17, 15) is 4.79 Å². The van der Waals surface area contributed by atoms with Gasteiger partial charge in [0.15, 0.2) is 0 Å². The number of carbonyl (C=O) groups is 1. The van der Waals surface area contributed by atoms with Crippen molar-refractivity contribution in [1.29, 1.82) is 0 Å². The molecule has 0 bridgehead atoms. The molecule has 0 amide bonds. The number of rotatable bonds is 6. The van der Waals surface area contributed by atoms with Crippen LogP contribution in [0.2, 0.25) is 0 Å². The van der Waals surface area contributed by atoms with Gasteiger partial charge >= 0.3 is 0 Å². The van der Waals surface area contributed by atoms with Gasteiger partial charge in [0.1, 0.15) is 0 Å². The van der Waals surface area contributed by atoms with Crippen molar-refractivity contribution in [2.24, 2.45) is 10.7 Å². The Bertz CT molecular complexity index is 798. The van der Waals surface area contributed by atoms with E-state index in [4.69, 9.17) is 10.7 Å². The van der Waals surface area contributed by atoms with Gasteiger partial charge in [-0.2, -0.15) is 0 Å². The zero-order chi connectivity index (χ0) is 20.1. The standard InChI is InChI=1S/C23H32N4O/c1-4-27(15-14-26-12-6-5-7-13-26)20-10-8-19(9-11-20)25-23-17(2)16-21(28)22(24)18(23)3/h8-11,16H,4-7,12-15,24H2,1-3H3. The molecule has 2 aliphatic rings. The summed E-state index contributed by atoms with van der Waals surface area (Å²) in [6, 6.07) is 8.35. The Morgan fingerprint density at radius 2 is 1.79 bits per heavy atom. The number of likely N-dealkylation sites (tertiary alicyclic amines) is 1. The van der Waals surface area contributed by atoms with Crippen LogP contribution in [0.3, 0.4) is 0 Å². The molecule has 1 aromatic rings. The molecule has 1 fully saturated rings. The van der Waals surface area contributed by atoms with E-state index >= 15 is 0 Å². The summed E-state index contributed by atoms with van der Waals surface area (Å²) < 4.78 is 0. The predicted molar refractivity (Wildman–Crippen MR) is 117 cm³/mol. The summed E-state index contributed by atoms with van der Waals surface area (Å²) in [6.45, 7) is 11.6. The van der Waals surface area contributed by atoms with Gasteiger partial charge in [-0.25, -0.2) is 4.99 Å². The fourth-order valence-corrected chi connectivity index (χ4v) is 3.90. The van der Waals surface area contributed by atoms with Crippen LogP contribution in [0.5, 0.6) is 0 Å². The van der Waals surface area contributed by atoms with E-state index in [1.807, 2.05) is 26.0 Å². The molecule has 0 aromatic heterocycles. The first kappa shape index (κ1) is 20.3. The lowest BCUT2D eigenvalue weighted by molar-refractivity contribution is -0.111. The second kappa shape index (κ2) is 9.20. The Labute approximate surface area is 168 Å². The number of likely N-dealkylation sites (N-methyl/N-ethyl adjacent to an activating group) is 1. The van der Waals surface area contributed by atoms with Gasteiger partial charge in [-0.1, -0.05) is 6.42 Å². The number of benzene rings is 1. The van der Waals surface area contributed by atoms with Crippen LogP contribution in [-0.2, 0) is 4.79 Å². The smallest absolute Gasteiger partial charge is 0.202 e. The molecule has 150 valence electrons. The molecule has 3 rings (SSSR count). The van der Waals surface area contributed by atoms with Gasteiger partial charge in [0.2, 0.25) is 5.78 Å². The van der Waals surface area contributed by atoms with Crippen molar-refractivity contribution in [2.75, 3.05) is 37.6 Å². The predicted octanol–water partition coefficient (Wildman–Crippen LogP) is 3.83. The Morgan fingerprint density at radius 3 is 2.43 bits per heavy atom. The molecular weight excluding hydrogens is 348 g/mol. The van der Waals surface area contributed by atoms with Crippen LogP contribution < -0.4 is 10.6 Å². The highest BCUT2D eigenvalue weighted by Gasteiger charge is 2.19. The Hall–Kier alpha value is -2.40. The number of allylic oxidation sites excluding steroid dienone is 3. The minimum atomic E-state index is -0.128. The van der Waals surface area contributed by atoms with Gasteiger partial charge in [0, 0.05) is 30.9 Å². The van der Waals surface area contributed by atoms with Crippen LogP contribution in [-0.4, -0.2) is 49.1 Å². The number of aliphatic imine (C=N–C) groups is 1. The molecule has 0 atom stereocenters. The molecule has 1 aliphatic carbocycles. The van der Waals surface area contributed by atoms with Crippen LogP contribution >= 0.6 is 0 Å². The highest BCUT2D eigenvalue weighted by atomic mass is 16.1. The summed E-state index contributed by atoms with van der Waals surface area (Å²) in [5.41, 5.74) is 10.7. The SMILES string of the molecule is CCN(CCN1CCCCC1)c1ccc(N=C2C(C)=CC(=O)C(N)=C2C)cc1. The third-order valence-corrected chi connectivity index (χ3v) is 5.72. The molecule has 1 heterocycles. The van der Waals surface area contributed by atoms with Crippen molar-refractivity contribution in [3.05, 3.63) is 47.2 Å². The quantitative estimate of drug-likeness (QED) is 0.762.